The molecule has 11 heteroatoms. The first-order valence-corrected chi connectivity index (χ1v) is 11.4. The Labute approximate surface area is 195 Å². The summed E-state index contributed by atoms with van der Waals surface area (Å²) in [4.78, 5) is 12.0. The third-order valence-electron chi connectivity index (χ3n) is 5.76. The molecule has 3 atom stereocenters. The van der Waals surface area contributed by atoms with Crippen LogP contribution in [0.1, 0.15) is 30.7 Å². The molecule has 0 spiro atoms. The van der Waals surface area contributed by atoms with Crippen LogP contribution in [0.15, 0.2) is 35.7 Å². The molecule has 0 saturated heterocycles. The van der Waals surface area contributed by atoms with Gasteiger partial charge in [0.25, 0.3) is 0 Å². The lowest BCUT2D eigenvalue weighted by Gasteiger charge is -2.28. The van der Waals surface area contributed by atoms with Gasteiger partial charge in [0, 0.05) is 37.0 Å². The molecule has 7 nitrogen and oxygen atoms in total. The maximum absolute atomic E-state index is 14.3. The molecule has 0 radical (unpaired) electrons. The van der Waals surface area contributed by atoms with Gasteiger partial charge in [0.05, 0.1) is 35.2 Å². The largest absolute Gasteiger partial charge is 0.348 e. The van der Waals surface area contributed by atoms with Gasteiger partial charge < -0.3 is 16.1 Å². The zero-order valence-corrected chi connectivity index (χ0v) is 18.9. The van der Waals surface area contributed by atoms with Gasteiger partial charge in [-0.1, -0.05) is 17.7 Å². The highest BCUT2D eigenvalue weighted by molar-refractivity contribution is 6.31. The molecule has 0 amide bonds. The highest BCUT2D eigenvalue weighted by atomic mass is 35.5. The number of halogens is 4. The van der Waals surface area contributed by atoms with Crippen molar-refractivity contribution in [2.45, 2.75) is 43.0 Å². The smallest absolute Gasteiger partial charge is 0.306 e. The van der Waals surface area contributed by atoms with Crippen LogP contribution >= 0.6 is 23.2 Å². The highest BCUT2D eigenvalue weighted by Crippen LogP contribution is 2.32. The topological polar surface area (TPSA) is 87.1 Å². The van der Waals surface area contributed by atoms with Crippen LogP contribution in [0.2, 0.25) is 5.02 Å². The zero-order chi connectivity index (χ0) is 22.6. The number of rotatable bonds is 9. The summed E-state index contributed by atoms with van der Waals surface area (Å²) in [6, 6.07) is 4.79. The van der Waals surface area contributed by atoms with Crippen LogP contribution in [0, 0.1) is 5.92 Å². The molecule has 3 N–H and O–H groups in total. The van der Waals surface area contributed by atoms with Crippen LogP contribution < -0.4 is 16.1 Å². The average Bonchev–Trinajstić information content (AvgIpc) is 3.19. The number of fused-ring (bicyclic) bond motifs is 1. The summed E-state index contributed by atoms with van der Waals surface area (Å²) in [7, 11) is 0. The van der Waals surface area contributed by atoms with Crippen LogP contribution in [0.25, 0.3) is 0 Å². The van der Waals surface area contributed by atoms with Gasteiger partial charge in [-0.25, -0.2) is 9.97 Å². The molecule has 1 saturated carbocycles. The Morgan fingerprint density at radius 1 is 1.22 bits per heavy atom. The molecule has 172 valence electrons. The van der Waals surface area contributed by atoms with E-state index in [2.05, 4.69) is 36.1 Å². The van der Waals surface area contributed by atoms with E-state index in [-0.39, 0.29) is 17.0 Å². The molecule has 0 aromatic carbocycles. The summed E-state index contributed by atoms with van der Waals surface area (Å²) in [5.74, 6) is -2.68. The summed E-state index contributed by atoms with van der Waals surface area (Å²) >= 11 is 12.5. The number of alkyl halides is 3. The predicted molar refractivity (Wildman–Crippen MR) is 122 cm³/mol. The quantitative estimate of drug-likeness (QED) is 0.373. The Bertz CT molecular complexity index is 945. The second kappa shape index (κ2) is 10.2. The summed E-state index contributed by atoms with van der Waals surface area (Å²) in [6.45, 7) is 0.600. The lowest BCUT2D eigenvalue weighted by atomic mass is 9.82. The van der Waals surface area contributed by atoms with E-state index < -0.39 is 12.5 Å². The van der Waals surface area contributed by atoms with Crippen molar-refractivity contribution in [2.75, 3.05) is 25.0 Å². The molecular weight excluding hydrogens is 459 g/mol. The molecule has 32 heavy (non-hydrogen) atoms. The number of hydrazone groups is 1. The number of pyridine rings is 1. The molecule has 0 bridgehead atoms. The molecule has 2 aliphatic rings. The Morgan fingerprint density at radius 2 is 2.09 bits per heavy atom. The van der Waals surface area contributed by atoms with E-state index in [9.17, 15) is 8.78 Å². The van der Waals surface area contributed by atoms with E-state index in [0.717, 1.165) is 25.0 Å². The standard InChI is InChI=1S/C21H25Cl2F2N7/c22-13-4-5-16-14(9-13)18(32-31-16)11-26-8-6-17-15(23)10-28-20(30-17)29-12-21(24,25)19-3-1-2-7-27-19/h1-3,7,10,13-14,16,26,31H,4-6,8-9,11-12H2,(H,28,29,30)/t13-,14?,16?/m0/s1. The van der Waals surface area contributed by atoms with Gasteiger partial charge in [-0.05, 0) is 31.4 Å². The predicted octanol–water partition coefficient (Wildman–Crippen LogP) is 3.60. The fourth-order valence-corrected chi connectivity index (χ4v) is 4.51. The maximum Gasteiger partial charge on any atom is 0.306 e. The minimum absolute atomic E-state index is 0.0996. The zero-order valence-electron chi connectivity index (χ0n) is 17.4. The van der Waals surface area contributed by atoms with Crippen molar-refractivity contribution in [2.24, 2.45) is 11.0 Å². The first-order chi connectivity index (χ1) is 15.4. The van der Waals surface area contributed by atoms with Crippen LogP contribution in [0.3, 0.4) is 0 Å². The molecular formula is C21H25Cl2F2N7. The highest BCUT2D eigenvalue weighted by Gasteiger charge is 2.36. The lowest BCUT2D eigenvalue weighted by Crippen LogP contribution is -2.39. The molecule has 1 fully saturated rings. The van der Waals surface area contributed by atoms with Crippen molar-refractivity contribution in [3.8, 4) is 0 Å². The van der Waals surface area contributed by atoms with Gasteiger partial charge in [0.2, 0.25) is 5.95 Å². The summed E-state index contributed by atoms with van der Waals surface area (Å²) in [6.07, 6.45) is 6.28. The molecule has 1 aliphatic carbocycles. The monoisotopic (exact) mass is 483 g/mol. The van der Waals surface area contributed by atoms with Crippen molar-refractivity contribution in [1.82, 2.24) is 25.7 Å². The number of anilines is 1. The van der Waals surface area contributed by atoms with Gasteiger partial charge in [0.1, 0.15) is 5.69 Å². The van der Waals surface area contributed by atoms with Crippen molar-refractivity contribution in [3.05, 3.63) is 47.0 Å². The fraction of sp³-hybridized carbons (Fsp3) is 0.524. The van der Waals surface area contributed by atoms with Crippen molar-refractivity contribution in [1.29, 1.82) is 0 Å². The SMILES string of the molecule is FC(F)(CNc1ncc(Cl)c(CCNCC2=NNC3CC[C@H](Cl)CC23)n1)c1ccccn1. The number of nitrogens with zero attached hydrogens (tertiary/aromatic N) is 4. The Kier molecular flexibility index (Phi) is 7.37. The molecule has 2 unspecified atom stereocenters. The van der Waals surface area contributed by atoms with Gasteiger partial charge in [-0.2, -0.15) is 13.9 Å². The molecule has 1 aliphatic heterocycles. The average molecular weight is 484 g/mol. The van der Waals surface area contributed by atoms with Gasteiger partial charge in [-0.3, -0.25) is 4.98 Å². The van der Waals surface area contributed by atoms with E-state index in [0.29, 0.717) is 42.2 Å². The van der Waals surface area contributed by atoms with E-state index in [1.807, 2.05) is 0 Å². The van der Waals surface area contributed by atoms with E-state index in [1.54, 1.807) is 6.07 Å². The first-order valence-electron chi connectivity index (χ1n) is 10.6. The number of aromatic nitrogens is 3. The van der Waals surface area contributed by atoms with E-state index in [1.165, 1.54) is 24.5 Å². The van der Waals surface area contributed by atoms with E-state index >= 15 is 0 Å². The van der Waals surface area contributed by atoms with Crippen molar-refractivity contribution < 1.29 is 8.78 Å². The van der Waals surface area contributed by atoms with Crippen LogP contribution in [-0.4, -0.2) is 51.7 Å². The fourth-order valence-electron chi connectivity index (χ4n) is 4.01. The molecule has 3 heterocycles. The van der Waals surface area contributed by atoms with Crippen molar-refractivity contribution >= 4 is 34.9 Å². The molecule has 2 aromatic rings. The van der Waals surface area contributed by atoms with Crippen LogP contribution in [0.5, 0.6) is 0 Å². The maximum atomic E-state index is 14.3. The number of hydrogen-bond acceptors (Lipinski definition) is 7. The van der Waals surface area contributed by atoms with Crippen molar-refractivity contribution in [3.63, 3.8) is 0 Å². The Balaban J connectivity index is 1.27. The third-order valence-corrected chi connectivity index (χ3v) is 6.47. The van der Waals surface area contributed by atoms with Gasteiger partial charge in [-0.15, -0.1) is 11.6 Å². The molecule has 4 rings (SSSR count). The Hall–Kier alpha value is -2.10. The Morgan fingerprint density at radius 3 is 2.91 bits per heavy atom. The van der Waals surface area contributed by atoms with Gasteiger partial charge in [0.15, 0.2) is 0 Å². The minimum Gasteiger partial charge on any atom is -0.348 e. The first kappa shape index (κ1) is 23.1. The number of nitrogens with one attached hydrogen (secondary N) is 3. The normalized spacial score (nSPS) is 22.8. The van der Waals surface area contributed by atoms with E-state index in [4.69, 9.17) is 23.2 Å². The second-order valence-corrected chi connectivity index (χ2v) is 9.07. The van der Waals surface area contributed by atoms with Crippen LogP contribution in [-0.2, 0) is 12.3 Å². The summed E-state index contributed by atoms with van der Waals surface area (Å²) in [5.41, 5.74) is 4.58. The second-order valence-electron chi connectivity index (χ2n) is 8.04. The van der Waals surface area contributed by atoms with Crippen LogP contribution in [0.4, 0.5) is 14.7 Å². The minimum atomic E-state index is -3.15. The lowest BCUT2D eigenvalue weighted by molar-refractivity contribution is 0.00582. The number of hydrogen-bond donors (Lipinski definition) is 3. The summed E-state index contributed by atoms with van der Waals surface area (Å²) in [5, 5.41) is 11.0. The molecule has 2 aromatic heterocycles. The van der Waals surface area contributed by atoms with Gasteiger partial charge >= 0.3 is 5.92 Å². The summed E-state index contributed by atoms with van der Waals surface area (Å²) < 4.78 is 28.6. The third kappa shape index (κ3) is 5.63.